The Morgan fingerprint density at radius 3 is 2.43 bits per heavy atom. The van der Waals surface area contributed by atoms with E-state index in [-0.39, 0.29) is 0 Å². The molecule has 4 nitrogen and oxygen atoms in total. The molecule has 21 heavy (non-hydrogen) atoms. The van der Waals surface area contributed by atoms with Crippen molar-refractivity contribution in [1.29, 1.82) is 0 Å². The zero-order valence-corrected chi connectivity index (χ0v) is 13.7. The van der Waals surface area contributed by atoms with Crippen LogP contribution < -0.4 is 10.2 Å². The van der Waals surface area contributed by atoms with Crippen molar-refractivity contribution in [3.8, 4) is 0 Å². The van der Waals surface area contributed by atoms with Crippen LogP contribution in [0, 0.1) is 12.8 Å². The van der Waals surface area contributed by atoms with Gasteiger partial charge in [0.05, 0.1) is 0 Å². The van der Waals surface area contributed by atoms with Crippen molar-refractivity contribution in [3.05, 3.63) is 11.4 Å². The summed E-state index contributed by atoms with van der Waals surface area (Å²) in [4.78, 5) is 12.2. The molecule has 0 radical (unpaired) electrons. The highest BCUT2D eigenvalue weighted by molar-refractivity contribution is 5.59. The van der Waals surface area contributed by atoms with Crippen molar-refractivity contribution in [2.75, 3.05) is 29.9 Å². The number of nitrogens with one attached hydrogen (secondary N) is 1. The van der Waals surface area contributed by atoms with Gasteiger partial charge in [0.1, 0.15) is 17.5 Å². The summed E-state index contributed by atoms with van der Waals surface area (Å²) in [5.74, 6) is 4.72. The molecule has 2 saturated carbocycles. The monoisotopic (exact) mass is 288 g/mol. The fourth-order valence-electron chi connectivity index (χ4n) is 3.05. The number of hydrogen-bond acceptors (Lipinski definition) is 4. The Labute approximate surface area is 128 Å². The summed E-state index contributed by atoms with van der Waals surface area (Å²) in [6, 6.07) is 0. The van der Waals surface area contributed by atoms with Crippen LogP contribution in [0.15, 0.2) is 0 Å². The molecule has 1 N–H and O–H groups in total. The third-order valence-electron chi connectivity index (χ3n) is 4.81. The van der Waals surface area contributed by atoms with Crippen LogP contribution in [0.3, 0.4) is 0 Å². The van der Waals surface area contributed by atoms with Crippen LogP contribution in [-0.4, -0.2) is 29.6 Å². The van der Waals surface area contributed by atoms with Crippen LogP contribution in [0.25, 0.3) is 0 Å². The van der Waals surface area contributed by atoms with Gasteiger partial charge in [0, 0.05) is 31.1 Å². The molecule has 1 aromatic heterocycles. The molecule has 116 valence electrons. The van der Waals surface area contributed by atoms with E-state index >= 15 is 0 Å². The van der Waals surface area contributed by atoms with E-state index in [4.69, 9.17) is 9.97 Å². The highest BCUT2D eigenvalue weighted by atomic mass is 15.2. The quantitative estimate of drug-likeness (QED) is 0.830. The van der Waals surface area contributed by atoms with Gasteiger partial charge < -0.3 is 10.2 Å². The lowest BCUT2D eigenvalue weighted by Crippen LogP contribution is -2.34. The molecule has 0 bridgehead atoms. The van der Waals surface area contributed by atoms with Gasteiger partial charge in [-0.15, -0.1) is 0 Å². The molecule has 2 aliphatic rings. The first kappa shape index (κ1) is 14.6. The highest BCUT2D eigenvalue weighted by Gasteiger charge is 2.29. The summed E-state index contributed by atoms with van der Waals surface area (Å²) in [7, 11) is 0. The summed E-state index contributed by atoms with van der Waals surface area (Å²) in [6.45, 7) is 9.63. The minimum atomic E-state index is 0.601. The molecule has 1 aromatic rings. The second kappa shape index (κ2) is 6.20. The molecular weight excluding hydrogens is 260 g/mol. The van der Waals surface area contributed by atoms with Gasteiger partial charge >= 0.3 is 0 Å². The summed E-state index contributed by atoms with van der Waals surface area (Å²) in [6.07, 6.45) is 6.68. The van der Waals surface area contributed by atoms with Crippen LogP contribution in [0.4, 0.5) is 11.6 Å². The van der Waals surface area contributed by atoms with Gasteiger partial charge in [0.2, 0.25) is 0 Å². The maximum atomic E-state index is 4.93. The van der Waals surface area contributed by atoms with E-state index < -0.39 is 0 Å². The predicted molar refractivity (Wildman–Crippen MR) is 88.1 cm³/mol. The molecule has 2 aliphatic carbocycles. The van der Waals surface area contributed by atoms with Crippen molar-refractivity contribution in [3.63, 3.8) is 0 Å². The molecule has 0 aromatic carbocycles. The first-order valence-electron chi connectivity index (χ1n) is 8.60. The van der Waals surface area contributed by atoms with Gasteiger partial charge in [0.25, 0.3) is 0 Å². The zero-order valence-electron chi connectivity index (χ0n) is 13.7. The Morgan fingerprint density at radius 1 is 1.14 bits per heavy atom. The summed E-state index contributed by atoms with van der Waals surface area (Å²) >= 11 is 0. The van der Waals surface area contributed by atoms with E-state index in [0.717, 1.165) is 43.0 Å². The van der Waals surface area contributed by atoms with Crippen molar-refractivity contribution >= 4 is 11.6 Å². The van der Waals surface area contributed by atoms with Gasteiger partial charge in [-0.3, -0.25) is 0 Å². The molecule has 0 spiro atoms. The number of hydrogen-bond donors (Lipinski definition) is 1. The van der Waals surface area contributed by atoms with Gasteiger partial charge in [-0.1, -0.05) is 6.42 Å². The normalized spacial score (nSPS) is 18.4. The first-order chi connectivity index (χ1) is 10.2. The Kier molecular flexibility index (Phi) is 4.32. The van der Waals surface area contributed by atoms with E-state index in [1.54, 1.807) is 0 Å². The van der Waals surface area contributed by atoms with E-state index in [0.29, 0.717) is 5.92 Å². The minimum absolute atomic E-state index is 0.601. The van der Waals surface area contributed by atoms with Crippen molar-refractivity contribution in [1.82, 2.24) is 9.97 Å². The fourth-order valence-corrected chi connectivity index (χ4v) is 3.05. The average molecular weight is 288 g/mol. The molecule has 1 heterocycles. The number of anilines is 2. The van der Waals surface area contributed by atoms with Crippen molar-refractivity contribution in [2.45, 2.75) is 58.8 Å². The van der Waals surface area contributed by atoms with Crippen LogP contribution in [-0.2, 0) is 0 Å². The van der Waals surface area contributed by atoms with Crippen LogP contribution in [0.1, 0.15) is 63.3 Å². The number of nitrogens with zero attached hydrogens (tertiary/aromatic N) is 3. The van der Waals surface area contributed by atoms with Crippen LogP contribution in [0.5, 0.6) is 0 Å². The maximum absolute atomic E-state index is 4.93. The predicted octanol–water partition coefficient (Wildman–Crippen LogP) is 3.72. The summed E-state index contributed by atoms with van der Waals surface area (Å²) in [5.41, 5.74) is 1.21. The molecule has 0 amide bonds. The molecule has 4 heteroatoms. The maximum Gasteiger partial charge on any atom is 0.137 e. The molecule has 0 unspecified atom stereocenters. The average Bonchev–Trinajstić information content (AvgIpc) is 3.25. The van der Waals surface area contributed by atoms with E-state index in [1.165, 1.54) is 37.7 Å². The third-order valence-corrected chi connectivity index (χ3v) is 4.81. The van der Waals surface area contributed by atoms with E-state index in [2.05, 4.69) is 31.0 Å². The van der Waals surface area contributed by atoms with Gasteiger partial charge in [-0.25, -0.2) is 9.97 Å². The topological polar surface area (TPSA) is 41.1 Å². The molecule has 0 saturated heterocycles. The van der Waals surface area contributed by atoms with Crippen molar-refractivity contribution in [2.24, 2.45) is 5.92 Å². The van der Waals surface area contributed by atoms with Crippen LogP contribution in [0.2, 0.25) is 0 Å². The van der Waals surface area contributed by atoms with Gasteiger partial charge in [-0.2, -0.15) is 0 Å². The summed E-state index contributed by atoms with van der Waals surface area (Å²) in [5, 5.41) is 3.42. The van der Waals surface area contributed by atoms with E-state index in [1.807, 2.05) is 0 Å². The molecule has 0 atom stereocenters. The first-order valence-corrected chi connectivity index (χ1v) is 8.60. The molecule has 2 fully saturated rings. The molecule has 3 rings (SSSR count). The number of rotatable bonds is 7. The Balaban J connectivity index is 1.89. The molecular formula is C17H28N4. The SMILES string of the molecule is CCNc1nc(C2CC2)nc(N(CC)CC2CCC2)c1C. The molecule has 0 aliphatic heterocycles. The largest absolute Gasteiger partial charge is 0.370 e. The Bertz CT molecular complexity index is 492. The summed E-state index contributed by atoms with van der Waals surface area (Å²) < 4.78 is 0. The second-order valence-corrected chi connectivity index (χ2v) is 6.52. The lowest BCUT2D eigenvalue weighted by molar-refractivity contribution is 0.318. The minimum Gasteiger partial charge on any atom is -0.370 e. The fraction of sp³-hybridized carbons (Fsp3) is 0.765. The van der Waals surface area contributed by atoms with Crippen molar-refractivity contribution < 1.29 is 0 Å². The van der Waals surface area contributed by atoms with E-state index in [9.17, 15) is 0 Å². The standard InChI is InChI=1S/C17H28N4/c1-4-18-15-12(3)17(20-16(19-15)14-9-10-14)21(5-2)11-13-7-6-8-13/h13-14H,4-11H2,1-3H3,(H,18,19,20). The third kappa shape index (κ3) is 3.14. The van der Waals surface area contributed by atoms with Crippen LogP contribution >= 0.6 is 0 Å². The smallest absolute Gasteiger partial charge is 0.137 e. The zero-order chi connectivity index (χ0) is 14.8. The second-order valence-electron chi connectivity index (χ2n) is 6.52. The lowest BCUT2D eigenvalue weighted by atomic mass is 9.85. The number of aromatic nitrogens is 2. The van der Waals surface area contributed by atoms with Gasteiger partial charge in [0.15, 0.2) is 0 Å². The lowest BCUT2D eigenvalue weighted by Gasteiger charge is -2.33. The van der Waals surface area contributed by atoms with Gasteiger partial charge in [-0.05, 0) is 52.4 Å². The Morgan fingerprint density at radius 2 is 1.90 bits per heavy atom. The highest BCUT2D eigenvalue weighted by Crippen LogP contribution is 2.40. The Hall–Kier alpha value is -1.32.